The van der Waals surface area contributed by atoms with E-state index < -0.39 is 10.8 Å². The van der Waals surface area contributed by atoms with E-state index >= 15 is 0 Å². The lowest BCUT2D eigenvalue weighted by Gasteiger charge is -2.05. The van der Waals surface area contributed by atoms with E-state index in [1.165, 1.54) is 30.5 Å². The molecule has 2 aromatic carbocycles. The van der Waals surface area contributed by atoms with Crippen LogP contribution in [0.5, 0.6) is 0 Å². The fourth-order valence-corrected chi connectivity index (χ4v) is 2.18. The lowest BCUT2D eigenvalue weighted by atomic mass is 10.1. The molecule has 0 fully saturated rings. The van der Waals surface area contributed by atoms with Crippen molar-refractivity contribution in [1.82, 2.24) is 5.32 Å². The Bertz CT molecular complexity index is 856. The van der Waals surface area contributed by atoms with Gasteiger partial charge in [-0.1, -0.05) is 23.7 Å². The van der Waals surface area contributed by atoms with E-state index in [-0.39, 0.29) is 11.3 Å². The molecular weight excluding hydrogens is 356 g/mol. The number of halogens is 1. The van der Waals surface area contributed by atoms with E-state index in [9.17, 15) is 14.9 Å². The molecule has 26 heavy (non-hydrogen) atoms. The molecule has 7 nitrogen and oxygen atoms in total. The maximum atomic E-state index is 12.1. The van der Waals surface area contributed by atoms with Gasteiger partial charge in [-0.25, -0.2) is 0 Å². The number of nitrogens with zero attached hydrogens (tertiary/aromatic N) is 2. The summed E-state index contributed by atoms with van der Waals surface area (Å²) in [7, 11) is 0. The first-order valence-corrected chi connectivity index (χ1v) is 8.01. The maximum Gasteiger partial charge on any atom is 0.269 e. The van der Waals surface area contributed by atoms with Crippen LogP contribution in [0.3, 0.4) is 0 Å². The average Bonchev–Trinajstić information content (AvgIpc) is 2.63. The number of carbonyl (C=O) groups excluding carboxylic acids is 1. The summed E-state index contributed by atoms with van der Waals surface area (Å²) in [5.41, 5.74) is 1.26. The van der Waals surface area contributed by atoms with Gasteiger partial charge in [0.15, 0.2) is 0 Å². The Morgan fingerprint density at radius 3 is 2.42 bits per heavy atom. The molecule has 0 bridgehead atoms. The zero-order valence-electron chi connectivity index (χ0n) is 13.6. The Morgan fingerprint density at radius 2 is 1.85 bits per heavy atom. The summed E-state index contributed by atoms with van der Waals surface area (Å²) < 4.78 is 0. The van der Waals surface area contributed by atoms with Crippen LogP contribution in [-0.4, -0.2) is 17.4 Å². The minimum absolute atomic E-state index is 0.0806. The number of nitro groups is 1. The van der Waals surface area contributed by atoms with E-state index in [4.69, 9.17) is 16.9 Å². The van der Waals surface area contributed by atoms with Crippen molar-refractivity contribution in [3.8, 4) is 6.07 Å². The highest BCUT2D eigenvalue weighted by Crippen LogP contribution is 2.16. The number of benzene rings is 2. The number of nitrogens with one attached hydrogen (secondary N) is 2. The van der Waals surface area contributed by atoms with Crippen molar-refractivity contribution in [3.05, 3.63) is 81.0 Å². The molecule has 1 amide bonds. The lowest BCUT2D eigenvalue weighted by Crippen LogP contribution is -2.18. The monoisotopic (exact) mass is 370 g/mol. The third-order valence-corrected chi connectivity index (χ3v) is 3.67. The number of amides is 1. The Balaban J connectivity index is 1.88. The Labute approximate surface area is 155 Å². The van der Waals surface area contributed by atoms with Gasteiger partial charge in [0.05, 0.1) is 4.92 Å². The number of anilines is 1. The summed E-state index contributed by atoms with van der Waals surface area (Å²) in [5.74, 6) is -0.597. The molecular formula is C18H15ClN4O3. The van der Waals surface area contributed by atoms with E-state index in [1.807, 2.05) is 18.2 Å². The fraction of sp³-hybridized carbons (Fsp3) is 0.111. The van der Waals surface area contributed by atoms with Crippen molar-refractivity contribution < 1.29 is 9.72 Å². The zero-order valence-corrected chi connectivity index (χ0v) is 14.4. The van der Waals surface area contributed by atoms with Gasteiger partial charge in [0.25, 0.3) is 11.6 Å². The first-order chi connectivity index (χ1) is 12.5. The molecule has 0 heterocycles. The molecule has 0 saturated heterocycles. The Kier molecular flexibility index (Phi) is 6.71. The van der Waals surface area contributed by atoms with Crippen LogP contribution in [0.1, 0.15) is 5.56 Å². The first kappa shape index (κ1) is 19.0. The number of non-ortho nitro benzene ring substituents is 1. The summed E-state index contributed by atoms with van der Waals surface area (Å²) in [5, 5.41) is 25.8. The highest BCUT2D eigenvalue weighted by Gasteiger charge is 2.10. The van der Waals surface area contributed by atoms with Gasteiger partial charge in [-0.2, -0.15) is 5.26 Å². The number of hydrogen-bond donors (Lipinski definition) is 2. The van der Waals surface area contributed by atoms with Crippen LogP contribution in [0.2, 0.25) is 5.02 Å². The fourth-order valence-electron chi connectivity index (χ4n) is 2.06. The molecule has 0 saturated carbocycles. The van der Waals surface area contributed by atoms with Gasteiger partial charge in [-0.3, -0.25) is 14.9 Å². The van der Waals surface area contributed by atoms with Crippen LogP contribution in [-0.2, 0) is 11.2 Å². The SMILES string of the molecule is N#C/C(=C/NCCc1ccc(Cl)cc1)C(=O)Nc1ccc([N+](=O)[O-])cc1. The zero-order chi connectivity index (χ0) is 18.9. The number of rotatable bonds is 7. The molecule has 0 aliphatic rings. The quantitative estimate of drug-likeness (QED) is 0.255. The van der Waals surface area contributed by atoms with Crippen molar-refractivity contribution in [2.75, 3.05) is 11.9 Å². The van der Waals surface area contributed by atoms with Gasteiger partial charge in [0.2, 0.25) is 0 Å². The summed E-state index contributed by atoms with van der Waals surface area (Å²) in [6.45, 7) is 0.539. The van der Waals surface area contributed by atoms with E-state index in [1.54, 1.807) is 12.1 Å². The van der Waals surface area contributed by atoms with Gasteiger partial charge < -0.3 is 10.6 Å². The molecule has 2 aromatic rings. The van der Waals surface area contributed by atoms with E-state index in [0.29, 0.717) is 23.7 Å². The molecule has 8 heteroatoms. The topological polar surface area (TPSA) is 108 Å². The molecule has 0 spiro atoms. The molecule has 0 aliphatic carbocycles. The van der Waals surface area contributed by atoms with E-state index in [0.717, 1.165) is 5.56 Å². The molecule has 132 valence electrons. The van der Waals surface area contributed by atoms with Gasteiger partial charge in [0, 0.05) is 35.6 Å². The second-order valence-corrected chi connectivity index (χ2v) is 5.69. The molecule has 0 aliphatic heterocycles. The third-order valence-electron chi connectivity index (χ3n) is 3.42. The van der Waals surface area contributed by atoms with Crippen LogP contribution in [0.4, 0.5) is 11.4 Å². The first-order valence-electron chi connectivity index (χ1n) is 7.63. The summed E-state index contributed by atoms with van der Waals surface area (Å²) in [6.07, 6.45) is 2.05. The lowest BCUT2D eigenvalue weighted by molar-refractivity contribution is -0.384. The second-order valence-electron chi connectivity index (χ2n) is 5.26. The van der Waals surface area contributed by atoms with Gasteiger partial charge >= 0.3 is 0 Å². The average molecular weight is 371 g/mol. The van der Waals surface area contributed by atoms with Crippen molar-refractivity contribution >= 4 is 28.9 Å². The molecule has 2 N–H and O–H groups in total. The highest BCUT2D eigenvalue weighted by molar-refractivity contribution is 6.30. The molecule has 0 aromatic heterocycles. The van der Waals surface area contributed by atoms with Gasteiger partial charge in [-0.15, -0.1) is 0 Å². The summed E-state index contributed by atoms with van der Waals surface area (Å²) in [4.78, 5) is 22.1. The smallest absolute Gasteiger partial charge is 0.269 e. The van der Waals surface area contributed by atoms with Crippen LogP contribution < -0.4 is 10.6 Å². The van der Waals surface area contributed by atoms with Crippen LogP contribution in [0.15, 0.2) is 60.3 Å². The maximum absolute atomic E-state index is 12.1. The highest BCUT2D eigenvalue weighted by atomic mass is 35.5. The number of nitro benzene ring substituents is 1. The number of carbonyl (C=O) groups is 1. The van der Waals surface area contributed by atoms with E-state index in [2.05, 4.69) is 10.6 Å². The summed E-state index contributed by atoms with van der Waals surface area (Å²) >= 11 is 5.82. The number of nitriles is 1. The standard InChI is InChI=1S/C18H15ClN4O3/c19-15-3-1-13(2-4-15)9-10-21-12-14(11-20)18(24)22-16-5-7-17(8-6-16)23(25)26/h1-8,12,21H,9-10H2,(H,22,24)/b14-12-. The van der Waals surface area contributed by atoms with Crippen molar-refractivity contribution in [2.24, 2.45) is 0 Å². The molecule has 0 unspecified atom stereocenters. The normalized spacial score (nSPS) is 10.7. The molecule has 0 radical (unpaired) electrons. The van der Waals surface area contributed by atoms with Crippen molar-refractivity contribution in [2.45, 2.75) is 6.42 Å². The minimum Gasteiger partial charge on any atom is -0.389 e. The predicted octanol–water partition coefficient (Wildman–Crippen LogP) is 3.43. The third kappa shape index (κ3) is 5.61. The predicted molar refractivity (Wildman–Crippen MR) is 98.6 cm³/mol. The largest absolute Gasteiger partial charge is 0.389 e. The van der Waals surface area contributed by atoms with Crippen LogP contribution in [0, 0.1) is 21.4 Å². The minimum atomic E-state index is -0.597. The van der Waals surface area contributed by atoms with Crippen LogP contribution in [0.25, 0.3) is 0 Å². The van der Waals surface area contributed by atoms with Gasteiger partial charge in [0.1, 0.15) is 11.6 Å². The van der Waals surface area contributed by atoms with Crippen molar-refractivity contribution in [3.63, 3.8) is 0 Å². The number of hydrogen-bond acceptors (Lipinski definition) is 5. The molecule has 2 rings (SSSR count). The molecule has 0 atom stereocenters. The van der Waals surface area contributed by atoms with Crippen LogP contribution >= 0.6 is 11.6 Å². The van der Waals surface area contributed by atoms with Gasteiger partial charge in [-0.05, 0) is 36.2 Å². The Morgan fingerprint density at radius 1 is 1.19 bits per heavy atom. The second kappa shape index (κ2) is 9.20. The summed E-state index contributed by atoms with van der Waals surface area (Å²) in [6, 6.07) is 14.6. The Hall–Kier alpha value is -3.37. The van der Waals surface area contributed by atoms with Crippen molar-refractivity contribution in [1.29, 1.82) is 5.26 Å².